The fraction of sp³-hybridized carbons (Fsp3) is 0.550. The van der Waals surface area contributed by atoms with Gasteiger partial charge in [-0.05, 0) is 31.7 Å². The first-order chi connectivity index (χ1) is 13.9. The van der Waals surface area contributed by atoms with Crippen molar-refractivity contribution in [1.29, 1.82) is 0 Å². The van der Waals surface area contributed by atoms with Gasteiger partial charge in [-0.2, -0.15) is 0 Å². The molecule has 0 aromatic heterocycles. The predicted molar refractivity (Wildman–Crippen MR) is 101 cm³/mol. The number of carboxylic acids is 2. The van der Waals surface area contributed by atoms with Crippen LogP contribution >= 0.6 is 0 Å². The number of nitrogens with one attached hydrogen (secondary N) is 1. The zero-order valence-electron chi connectivity index (χ0n) is 16.2. The monoisotopic (exact) mass is 406 g/mol. The number of hydrogen-bond acceptors (Lipinski definition) is 6. The Morgan fingerprint density at radius 1 is 1.21 bits per heavy atom. The summed E-state index contributed by atoms with van der Waals surface area (Å²) in [6.45, 7) is 1.78. The van der Waals surface area contributed by atoms with E-state index < -0.39 is 42.1 Å². The summed E-state index contributed by atoms with van der Waals surface area (Å²) in [6.07, 6.45) is 0.263. The zero-order valence-corrected chi connectivity index (χ0v) is 16.2. The Bertz CT molecular complexity index is 742. The van der Waals surface area contributed by atoms with Crippen molar-refractivity contribution in [2.75, 3.05) is 13.3 Å². The largest absolute Gasteiger partial charge is 0.480 e. The molecule has 3 N–H and O–H groups in total. The van der Waals surface area contributed by atoms with Gasteiger partial charge in [0.2, 0.25) is 5.91 Å². The van der Waals surface area contributed by atoms with Gasteiger partial charge < -0.3 is 24.6 Å². The Morgan fingerprint density at radius 2 is 1.93 bits per heavy atom. The van der Waals surface area contributed by atoms with E-state index in [2.05, 4.69) is 5.32 Å². The summed E-state index contributed by atoms with van der Waals surface area (Å²) in [6, 6.07) is 6.55. The fourth-order valence-corrected chi connectivity index (χ4v) is 3.91. The molecular weight excluding hydrogens is 380 g/mol. The Hall–Kier alpha value is -2.49. The molecule has 2 heterocycles. The van der Waals surface area contributed by atoms with Crippen molar-refractivity contribution in [2.24, 2.45) is 0 Å². The third-order valence-corrected chi connectivity index (χ3v) is 5.43. The summed E-state index contributed by atoms with van der Waals surface area (Å²) in [5.41, 5.74) is 1.01. The van der Waals surface area contributed by atoms with E-state index in [4.69, 9.17) is 9.47 Å². The van der Waals surface area contributed by atoms with Crippen molar-refractivity contribution in [2.45, 2.75) is 56.5 Å². The summed E-state index contributed by atoms with van der Waals surface area (Å²) in [7, 11) is 0. The molecule has 0 aliphatic carbocycles. The number of likely N-dealkylation sites (tertiary alicyclic amines) is 1. The number of nitrogens with zero attached hydrogens (tertiary/aromatic N) is 1. The molecule has 2 aliphatic rings. The minimum absolute atomic E-state index is 0.00945. The van der Waals surface area contributed by atoms with Crippen molar-refractivity contribution in [1.82, 2.24) is 10.2 Å². The van der Waals surface area contributed by atoms with Gasteiger partial charge in [-0.3, -0.25) is 14.9 Å². The molecule has 3 rings (SSSR count). The molecule has 1 aromatic rings. The first kappa shape index (κ1) is 21.2. The van der Waals surface area contributed by atoms with E-state index in [0.29, 0.717) is 19.3 Å². The average Bonchev–Trinajstić information content (AvgIpc) is 3.18. The molecule has 1 amide bonds. The van der Waals surface area contributed by atoms with Crippen LogP contribution in [0.5, 0.6) is 0 Å². The van der Waals surface area contributed by atoms with Crippen LogP contribution < -0.4 is 5.32 Å². The van der Waals surface area contributed by atoms with Crippen molar-refractivity contribution >= 4 is 17.8 Å². The first-order valence-corrected chi connectivity index (χ1v) is 9.67. The molecule has 2 saturated heterocycles. The van der Waals surface area contributed by atoms with Gasteiger partial charge in [0.05, 0.1) is 12.1 Å². The highest BCUT2D eigenvalue weighted by atomic mass is 16.7. The standard InChI is InChI=1S/C20H26N2O7/c1-12(21-14(19(24)25)8-7-13-5-3-2-4-6-13)18(23)22-10-9-15-17(29-11-28-15)16(22)20(26)27/h2-6,12,14-17,21H,7-11H2,1H3,(H,24,25)(H,26,27)/t12-,14?,15?,16?,17?/m0/s1. The third kappa shape index (κ3) is 4.92. The van der Waals surface area contributed by atoms with Crippen LogP contribution in [-0.2, 0) is 30.3 Å². The number of rotatable bonds is 8. The Labute approximate surface area is 168 Å². The number of benzene rings is 1. The van der Waals surface area contributed by atoms with Crippen LogP contribution in [-0.4, -0.2) is 76.6 Å². The van der Waals surface area contributed by atoms with Gasteiger partial charge in [-0.1, -0.05) is 30.3 Å². The van der Waals surface area contributed by atoms with E-state index in [1.165, 1.54) is 4.90 Å². The molecule has 9 heteroatoms. The van der Waals surface area contributed by atoms with E-state index in [1.54, 1.807) is 6.92 Å². The van der Waals surface area contributed by atoms with Crippen LogP contribution in [0.3, 0.4) is 0 Å². The van der Waals surface area contributed by atoms with E-state index in [-0.39, 0.29) is 19.4 Å². The summed E-state index contributed by atoms with van der Waals surface area (Å²) in [4.78, 5) is 37.6. The zero-order chi connectivity index (χ0) is 21.0. The molecule has 4 unspecified atom stereocenters. The van der Waals surface area contributed by atoms with Crippen LogP contribution in [0.4, 0.5) is 0 Å². The third-order valence-electron chi connectivity index (χ3n) is 5.43. The summed E-state index contributed by atoms with van der Waals surface area (Å²) < 4.78 is 10.8. The van der Waals surface area contributed by atoms with Crippen LogP contribution in [0.25, 0.3) is 0 Å². The number of hydrogen-bond donors (Lipinski definition) is 3. The second-order valence-electron chi connectivity index (χ2n) is 7.36. The number of carboxylic acid groups (broad SMARTS) is 2. The molecule has 0 bridgehead atoms. The molecule has 9 nitrogen and oxygen atoms in total. The number of carbonyl (C=O) groups is 3. The van der Waals surface area contributed by atoms with E-state index in [1.807, 2.05) is 30.3 Å². The van der Waals surface area contributed by atoms with E-state index >= 15 is 0 Å². The number of amides is 1. The number of aliphatic carboxylic acids is 2. The normalized spacial score (nSPS) is 25.8. The van der Waals surface area contributed by atoms with E-state index in [9.17, 15) is 24.6 Å². The Kier molecular flexibility index (Phi) is 6.83. The van der Waals surface area contributed by atoms with Gasteiger partial charge in [0.1, 0.15) is 18.9 Å². The van der Waals surface area contributed by atoms with Crippen molar-refractivity contribution in [3.05, 3.63) is 35.9 Å². The fourth-order valence-electron chi connectivity index (χ4n) is 3.91. The lowest BCUT2D eigenvalue weighted by molar-refractivity contribution is -0.160. The molecule has 0 spiro atoms. The second kappa shape index (κ2) is 9.34. The van der Waals surface area contributed by atoms with Gasteiger partial charge in [-0.25, -0.2) is 4.79 Å². The lowest BCUT2D eigenvalue weighted by Gasteiger charge is -2.40. The maximum atomic E-state index is 12.9. The van der Waals surface area contributed by atoms with Crippen molar-refractivity contribution in [3.8, 4) is 0 Å². The van der Waals surface area contributed by atoms with Gasteiger partial charge in [-0.15, -0.1) is 0 Å². The second-order valence-corrected chi connectivity index (χ2v) is 7.36. The van der Waals surface area contributed by atoms with Gasteiger partial charge in [0.15, 0.2) is 6.04 Å². The Balaban J connectivity index is 1.64. The van der Waals surface area contributed by atoms with E-state index in [0.717, 1.165) is 5.56 Å². The summed E-state index contributed by atoms with van der Waals surface area (Å²) in [5.74, 6) is -2.68. The minimum atomic E-state index is -1.16. The van der Waals surface area contributed by atoms with Crippen LogP contribution in [0.15, 0.2) is 30.3 Å². The molecule has 158 valence electrons. The van der Waals surface area contributed by atoms with Crippen molar-refractivity contribution in [3.63, 3.8) is 0 Å². The number of aryl methyl sites for hydroxylation is 1. The molecule has 0 saturated carbocycles. The highest BCUT2D eigenvalue weighted by Crippen LogP contribution is 2.28. The molecular formula is C20H26N2O7. The topological polar surface area (TPSA) is 125 Å². The van der Waals surface area contributed by atoms with Crippen LogP contribution in [0.2, 0.25) is 0 Å². The van der Waals surface area contributed by atoms with Gasteiger partial charge >= 0.3 is 11.9 Å². The Morgan fingerprint density at radius 3 is 2.59 bits per heavy atom. The SMILES string of the molecule is C[C@H](NC(CCc1ccccc1)C(=O)O)C(=O)N1CCC2OCOC2C1C(=O)O. The minimum Gasteiger partial charge on any atom is -0.480 e. The number of ether oxygens (including phenoxy) is 2. The highest BCUT2D eigenvalue weighted by Gasteiger charge is 2.49. The predicted octanol–water partition coefficient (Wildman–Crippen LogP) is 0.478. The average molecular weight is 406 g/mol. The lowest BCUT2D eigenvalue weighted by Crippen LogP contribution is -2.62. The lowest BCUT2D eigenvalue weighted by atomic mass is 9.95. The molecule has 1 aromatic carbocycles. The van der Waals surface area contributed by atoms with Gasteiger partial charge in [0.25, 0.3) is 0 Å². The molecule has 2 aliphatic heterocycles. The van der Waals surface area contributed by atoms with Gasteiger partial charge in [0, 0.05) is 6.54 Å². The smallest absolute Gasteiger partial charge is 0.329 e. The maximum absolute atomic E-state index is 12.9. The molecule has 5 atom stereocenters. The highest BCUT2D eigenvalue weighted by molar-refractivity contribution is 5.88. The van der Waals surface area contributed by atoms with Crippen molar-refractivity contribution < 1.29 is 34.1 Å². The maximum Gasteiger partial charge on any atom is 0.329 e. The van der Waals surface area contributed by atoms with Crippen LogP contribution in [0.1, 0.15) is 25.3 Å². The molecule has 29 heavy (non-hydrogen) atoms. The molecule has 0 radical (unpaired) electrons. The summed E-state index contributed by atoms with van der Waals surface area (Å²) >= 11 is 0. The quantitative estimate of drug-likeness (QED) is 0.569. The number of fused-ring (bicyclic) bond motifs is 1. The van der Waals surface area contributed by atoms with Crippen LogP contribution in [0, 0.1) is 0 Å². The molecule has 2 fully saturated rings. The number of carbonyl (C=O) groups excluding carboxylic acids is 1. The first-order valence-electron chi connectivity index (χ1n) is 9.67. The summed E-state index contributed by atoms with van der Waals surface area (Å²) in [5, 5.41) is 22.0. The number of piperidine rings is 1.